The molecule has 0 aliphatic carbocycles. The molecule has 1 aliphatic rings. The number of benzene rings is 4. The van der Waals surface area contributed by atoms with Gasteiger partial charge in [0.15, 0.2) is 23.0 Å². The van der Waals surface area contributed by atoms with Gasteiger partial charge >= 0.3 is 0 Å². The second-order valence-corrected chi connectivity index (χ2v) is 6.49. The smallest absolute Gasteiger partial charge is 0.195 e. The second kappa shape index (κ2) is 5.97. The highest BCUT2D eigenvalue weighted by Gasteiger charge is 2.23. The standard InChI is InChI=1S/C22H14ClNO2/c23-17-11-12-20-22(26-19-8-4-3-7-18(19)25-20)21(17)24-16-10-9-14-5-1-2-6-15(14)13-16/h1-13,24H. The summed E-state index contributed by atoms with van der Waals surface area (Å²) in [6.07, 6.45) is 0. The Bertz CT molecular complexity index is 1140. The van der Waals surface area contributed by atoms with Gasteiger partial charge in [-0.2, -0.15) is 0 Å². The molecule has 0 saturated carbocycles. The Morgan fingerprint density at radius 1 is 0.654 bits per heavy atom. The molecular weight excluding hydrogens is 346 g/mol. The summed E-state index contributed by atoms with van der Waals surface area (Å²) in [5.41, 5.74) is 1.62. The third-order valence-corrected chi connectivity index (χ3v) is 4.69. The Morgan fingerprint density at radius 3 is 2.23 bits per heavy atom. The van der Waals surface area contributed by atoms with Gasteiger partial charge in [-0.25, -0.2) is 0 Å². The third kappa shape index (κ3) is 2.54. The third-order valence-electron chi connectivity index (χ3n) is 4.37. The van der Waals surface area contributed by atoms with Crippen molar-refractivity contribution in [1.29, 1.82) is 0 Å². The van der Waals surface area contributed by atoms with E-state index >= 15 is 0 Å². The highest BCUT2D eigenvalue weighted by molar-refractivity contribution is 6.34. The molecule has 0 aromatic heterocycles. The first-order valence-electron chi connectivity index (χ1n) is 8.31. The molecule has 0 spiro atoms. The van der Waals surface area contributed by atoms with Gasteiger partial charge in [-0.15, -0.1) is 0 Å². The zero-order valence-corrected chi connectivity index (χ0v) is 14.5. The number of halogens is 1. The summed E-state index contributed by atoms with van der Waals surface area (Å²) in [6.45, 7) is 0. The first-order chi connectivity index (χ1) is 12.8. The summed E-state index contributed by atoms with van der Waals surface area (Å²) in [7, 11) is 0. The van der Waals surface area contributed by atoms with E-state index in [1.807, 2.05) is 48.5 Å². The molecule has 5 rings (SSSR count). The van der Waals surface area contributed by atoms with Crippen molar-refractivity contribution >= 4 is 33.7 Å². The lowest BCUT2D eigenvalue weighted by molar-refractivity contribution is 0.361. The van der Waals surface area contributed by atoms with Crippen molar-refractivity contribution < 1.29 is 9.47 Å². The molecule has 4 heteroatoms. The molecule has 1 N–H and O–H groups in total. The molecule has 0 bridgehead atoms. The van der Waals surface area contributed by atoms with Crippen molar-refractivity contribution in [2.24, 2.45) is 0 Å². The number of ether oxygens (including phenoxy) is 2. The van der Waals surface area contributed by atoms with Crippen LogP contribution in [0.1, 0.15) is 0 Å². The SMILES string of the molecule is Clc1ccc2c(c1Nc1ccc3ccccc3c1)Oc1ccccc1O2. The van der Waals surface area contributed by atoms with Crippen LogP contribution < -0.4 is 14.8 Å². The van der Waals surface area contributed by atoms with Gasteiger partial charge in [-0.1, -0.05) is 54.1 Å². The number of hydrogen-bond donors (Lipinski definition) is 1. The van der Waals surface area contributed by atoms with Crippen molar-refractivity contribution in [3.8, 4) is 23.0 Å². The van der Waals surface area contributed by atoms with E-state index in [9.17, 15) is 0 Å². The van der Waals surface area contributed by atoms with Crippen LogP contribution in [-0.4, -0.2) is 0 Å². The van der Waals surface area contributed by atoms with Gasteiger partial charge in [0.1, 0.15) is 5.69 Å². The van der Waals surface area contributed by atoms with Gasteiger partial charge in [0.25, 0.3) is 0 Å². The van der Waals surface area contributed by atoms with E-state index in [1.54, 1.807) is 6.07 Å². The lowest BCUT2D eigenvalue weighted by Crippen LogP contribution is -2.02. The van der Waals surface area contributed by atoms with Gasteiger partial charge in [0.2, 0.25) is 0 Å². The first kappa shape index (κ1) is 15.1. The molecule has 0 radical (unpaired) electrons. The Balaban J connectivity index is 1.57. The van der Waals surface area contributed by atoms with Crippen LogP contribution >= 0.6 is 11.6 Å². The fourth-order valence-electron chi connectivity index (χ4n) is 3.10. The number of anilines is 2. The summed E-state index contributed by atoms with van der Waals surface area (Å²) < 4.78 is 12.0. The first-order valence-corrected chi connectivity index (χ1v) is 8.69. The van der Waals surface area contributed by atoms with Crippen molar-refractivity contribution in [2.75, 3.05) is 5.32 Å². The fraction of sp³-hybridized carbons (Fsp3) is 0. The molecule has 26 heavy (non-hydrogen) atoms. The molecule has 0 fully saturated rings. The number of hydrogen-bond acceptors (Lipinski definition) is 3. The number of rotatable bonds is 2. The van der Waals surface area contributed by atoms with Crippen LogP contribution in [0.3, 0.4) is 0 Å². The molecule has 0 amide bonds. The van der Waals surface area contributed by atoms with Crippen molar-refractivity contribution in [2.45, 2.75) is 0 Å². The number of nitrogens with one attached hydrogen (secondary N) is 1. The molecule has 126 valence electrons. The molecule has 0 saturated heterocycles. The van der Waals surface area contributed by atoms with Crippen molar-refractivity contribution in [1.82, 2.24) is 0 Å². The van der Waals surface area contributed by atoms with Crippen LogP contribution in [0.4, 0.5) is 11.4 Å². The predicted octanol–water partition coefficient (Wildman–Crippen LogP) is 7.13. The molecule has 0 unspecified atom stereocenters. The lowest BCUT2D eigenvalue weighted by atomic mass is 10.1. The minimum absolute atomic E-state index is 0.569. The average molecular weight is 360 g/mol. The quantitative estimate of drug-likeness (QED) is 0.363. The minimum Gasteiger partial charge on any atom is -0.449 e. The van der Waals surface area contributed by atoms with Crippen LogP contribution in [0.15, 0.2) is 78.9 Å². The maximum Gasteiger partial charge on any atom is 0.195 e. The van der Waals surface area contributed by atoms with Gasteiger partial charge in [0, 0.05) is 5.69 Å². The topological polar surface area (TPSA) is 30.5 Å². The minimum atomic E-state index is 0.569. The van der Waals surface area contributed by atoms with Crippen LogP contribution in [0, 0.1) is 0 Å². The molecule has 4 aromatic rings. The summed E-state index contributed by atoms with van der Waals surface area (Å²) >= 11 is 6.46. The largest absolute Gasteiger partial charge is 0.449 e. The van der Waals surface area contributed by atoms with Crippen LogP contribution in [0.2, 0.25) is 5.02 Å². The summed E-state index contributed by atoms with van der Waals surface area (Å²) in [4.78, 5) is 0. The molecular formula is C22H14ClNO2. The van der Waals surface area contributed by atoms with E-state index in [1.165, 1.54) is 5.39 Å². The highest BCUT2D eigenvalue weighted by Crippen LogP contribution is 2.51. The second-order valence-electron chi connectivity index (χ2n) is 6.09. The predicted molar refractivity (Wildman–Crippen MR) is 105 cm³/mol. The molecule has 1 aliphatic heterocycles. The van der Waals surface area contributed by atoms with Crippen molar-refractivity contribution in [3.05, 3.63) is 83.9 Å². The van der Waals surface area contributed by atoms with Crippen LogP contribution in [0.25, 0.3) is 10.8 Å². The normalized spacial score (nSPS) is 11.9. The molecule has 3 nitrogen and oxygen atoms in total. The zero-order chi connectivity index (χ0) is 17.5. The number of fused-ring (bicyclic) bond motifs is 3. The molecule has 0 atom stereocenters. The lowest BCUT2D eigenvalue weighted by Gasteiger charge is -2.23. The van der Waals surface area contributed by atoms with E-state index in [0.717, 1.165) is 11.1 Å². The maximum absolute atomic E-state index is 6.46. The van der Waals surface area contributed by atoms with Gasteiger partial charge in [-0.05, 0) is 47.2 Å². The Hall–Kier alpha value is -3.17. The van der Waals surface area contributed by atoms with Crippen LogP contribution in [-0.2, 0) is 0 Å². The van der Waals surface area contributed by atoms with Crippen molar-refractivity contribution in [3.63, 3.8) is 0 Å². The Kier molecular flexibility index (Phi) is 3.47. The van der Waals surface area contributed by atoms with Gasteiger partial charge in [-0.3, -0.25) is 0 Å². The number of para-hydroxylation sites is 2. The van der Waals surface area contributed by atoms with E-state index < -0.39 is 0 Å². The Morgan fingerprint density at radius 2 is 1.38 bits per heavy atom. The van der Waals surface area contributed by atoms with E-state index in [2.05, 4.69) is 29.6 Å². The van der Waals surface area contributed by atoms with Gasteiger partial charge in [0.05, 0.1) is 5.02 Å². The Labute approximate surface area is 155 Å². The van der Waals surface area contributed by atoms with E-state index in [4.69, 9.17) is 21.1 Å². The van der Waals surface area contributed by atoms with E-state index in [-0.39, 0.29) is 0 Å². The summed E-state index contributed by atoms with van der Waals surface area (Å²) in [5.74, 6) is 2.59. The van der Waals surface area contributed by atoms with Gasteiger partial charge < -0.3 is 14.8 Å². The van der Waals surface area contributed by atoms with Crippen LogP contribution in [0.5, 0.6) is 23.0 Å². The zero-order valence-electron chi connectivity index (χ0n) is 13.7. The maximum atomic E-state index is 6.46. The monoisotopic (exact) mass is 359 g/mol. The summed E-state index contributed by atoms with van der Waals surface area (Å²) in [6, 6.07) is 25.6. The van der Waals surface area contributed by atoms with E-state index in [0.29, 0.717) is 33.7 Å². The highest BCUT2D eigenvalue weighted by atomic mass is 35.5. The summed E-state index contributed by atoms with van der Waals surface area (Å²) in [5, 5.41) is 6.30. The molecule has 1 heterocycles. The molecule has 4 aromatic carbocycles. The average Bonchev–Trinajstić information content (AvgIpc) is 2.69. The fourth-order valence-corrected chi connectivity index (χ4v) is 3.29.